The molecule has 0 saturated carbocycles. The number of likely N-dealkylation sites (N-methyl/N-ethyl adjacent to an activating group) is 1. The SMILES string of the molecule is CC(C)CN1CCOC(CN(C)CC2CNCCO2)C1. The summed E-state index contributed by atoms with van der Waals surface area (Å²) in [5.74, 6) is 0.730. The zero-order valence-corrected chi connectivity index (χ0v) is 13.3. The molecule has 5 heteroatoms. The summed E-state index contributed by atoms with van der Waals surface area (Å²) in [6.45, 7) is 13.5. The molecule has 1 N–H and O–H groups in total. The number of nitrogens with one attached hydrogen (secondary N) is 1. The van der Waals surface area contributed by atoms with E-state index in [2.05, 4.69) is 36.0 Å². The van der Waals surface area contributed by atoms with Crippen LogP contribution in [-0.4, -0.2) is 88.1 Å². The molecule has 20 heavy (non-hydrogen) atoms. The van der Waals surface area contributed by atoms with E-state index in [9.17, 15) is 0 Å². The maximum absolute atomic E-state index is 5.91. The highest BCUT2D eigenvalue weighted by molar-refractivity contribution is 4.77. The van der Waals surface area contributed by atoms with E-state index in [4.69, 9.17) is 9.47 Å². The maximum atomic E-state index is 5.91. The summed E-state index contributed by atoms with van der Waals surface area (Å²) in [5, 5.41) is 3.38. The van der Waals surface area contributed by atoms with Gasteiger partial charge < -0.3 is 19.7 Å². The molecule has 2 heterocycles. The van der Waals surface area contributed by atoms with E-state index in [1.165, 1.54) is 6.54 Å². The van der Waals surface area contributed by atoms with Gasteiger partial charge in [-0.05, 0) is 13.0 Å². The van der Waals surface area contributed by atoms with Crippen molar-refractivity contribution in [1.29, 1.82) is 0 Å². The molecule has 0 aromatic carbocycles. The first-order valence-corrected chi connectivity index (χ1v) is 7.98. The van der Waals surface area contributed by atoms with Gasteiger partial charge in [0.15, 0.2) is 0 Å². The summed E-state index contributed by atoms with van der Waals surface area (Å²) in [5.41, 5.74) is 0. The minimum absolute atomic E-state index is 0.323. The van der Waals surface area contributed by atoms with Gasteiger partial charge >= 0.3 is 0 Å². The predicted octanol–water partition coefficient (Wildman–Crippen LogP) is 0.263. The normalized spacial score (nSPS) is 29.2. The van der Waals surface area contributed by atoms with Gasteiger partial charge in [0.25, 0.3) is 0 Å². The highest BCUT2D eigenvalue weighted by atomic mass is 16.5. The van der Waals surface area contributed by atoms with Crippen LogP contribution < -0.4 is 5.32 Å². The molecule has 2 rings (SSSR count). The van der Waals surface area contributed by atoms with Gasteiger partial charge in [-0.2, -0.15) is 0 Å². The summed E-state index contributed by atoms with van der Waals surface area (Å²) in [4.78, 5) is 4.88. The van der Waals surface area contributed by atoms with Crippen LogP contribution in [0.4, 0.5) is 0 Å². The highest BCUT2D eigenvalue weighted by Gasteiger charge is 2.23. The van der Waals surface area contributed by atoms with Crippen molar-refractivity contribution < 1.29 is 9.47 Å². The minimum atomic E-state index is 0.323. The largest absolute Gasteiger partial charge is 0.374 e. The standard InChI is InChI=1S/C15H31N3O2/c1-13(2)9-18-5-7-20-15(12-18)11-17(3)10-14-8-16-4-6-19-14/h13-16H,4-12H2,1-3H3. The summed E-state index contributed by atoms with van der Waals surface area (Å²) in [7, 11) is 2.17. The Balaban J connectivity index is 1.68. The third-order valence-electron chi connectivity index (χ3n) is 3.88. The molecule has 2 unspecified atom stereocenters. The first-order chi connectivity index (χ1) is 9.63. The van der Waals surface area contributed by atoms with Crippen LogP contribution in [0, 0.1) is 5.92 Å². The van der Waals surface area contributed by atoms with Gasteiger partial charge in [0.05, 0.1) is 25.4 Å². The van der Waals surface area contributed by atoms with Gasteiger partial charge in [0.2, 0.25) is 0 Å². The summed E-state index contributed by atoms with van der Waals surface area (Å²) in [6.07, 6.45) is 0.660. The average molecular weight is 285 g/mol. The molecule has 5 nitrogen and oxygen atoms in total. The monoisotopic (exact) mass is 285 g/mol. The lowest BCUT2D eigenvalue weighted by atomic mass is 10.1. The first kappa shape index (κ1) is 16.2. The summed E-state index contributed by atoms with van der Waals surface area (Å²) in [6, 6.07) is 0. The molecule has 0 amide bonds. The molecular weight excluding hydrogens is 254 g/mol. The van der Waals surface area contributed by atoms with Gasteiger partial charge in [-0.25, -0.2) is 0 Å². The zero-order valence-electron chi connectivity index (χ0n) is 13.3. The van der Waals surface area contributed by atoms with Crippen LogP contribution in [0.5, 0.6) is 0 Å². The Morgan fingerprint density at radius 3 is 2.65 bits per heavy atom. The molecular formula is C15H31N3O2. The van der Waals surface area contributed by atoms with Crippen molar-refractivity contribution in [1.82, 2.24) is 15.1 Å². The third-order valence-corrected chi connectivity index (χ3v) is 3.88. The van der Waals surface area contributed by atoms with E-state index in [1.54, 1.807) is 0 Å². The second kappa shape index (κ2) is 8.29. The Morgan fingerprint density at radius 1 is 1.20 bits per heavy atom. The zero-order chi connectivity index (χ0) is 14.4. The number of hydrogen-bond donors (Lipinski definition) is 1. The van der Waals surface area contributed by atoms with Gasteiger partial charge in [-0.1, -0.05) is 13.8 Å². The molecule has 0 aromatic heterocycles. The molecule has 0 aliphatic carbocycles. The van der Waals surface area contributed by atoms with E-state index in [-0.39, 0.29) is 0 Å². The molecule has 0 spiro atoms. The Kier molecular flexibility index (Phi) is 6.71. The Labute approximate surface area is 123 Å². The fourth-order valence-electron chi connectivity index (χ4n) is 3.08. The molecule has 2 aliphatic heterocycles. The Hall–Kier alpha value is -0.200. The molecule has 118 valence electrons. The van der Waals surface area contributed by atoms with Gasteiger partial charge in [-0.3, -0.25) is 4.90 Å². The van der Waals surface area contributed by atoms with Gasteiger partial charge in [-0.15, -0.1) is 0 Å². The molecule has 0 aromatic rings. The quantitative estimate of drug-likeness (QED) is 0.758. The van der Waals surface area contributed by atoms with Crippen molar-refractivity contribution in [3.8, 4) is 0 Å². The van der Waals surface area contributed by atoms with Crippen molar-refractivity contribution in [2.75, 3.05) is 66.1 Å². The number of morpholine rings is 2. The second-order valence-corrected chi connectivity index (χ2v) is 6.56. The number of rotatable bonds is 6. The van der Waals surface area contributed by atoms with Crippen LogP contribution in [0.15, 0.2) is 0 Å². The van der Waals surface area contributed by atoms with Crippen molar-refractivity contribution in [3.05, 3.63) is 0 Å². The van der Waals surface area contributed by atoms with E-state index < -0.39 is 0 Å². The van der Waals surface area contributed by atoms with E-state index in [0.717, 1.165) is 58.4 Å². The van der Waals surface area contributed by atoms with Crippen LogP contribution in [-0.2, 0) is 9.47 Å². The molecule has 0 bridgehead atoms. The van der Waals surface area contributed by atoms with Crippen LogP contribution in [0.1, 0.15) is 13.8 Å². The second-order valence-electron chi connectivity index (χ2n) is 6.56. The Morgan fingerprint density at radius 2 is 1.95 bits per heavy atom. The first-order valence-electron chi connectivity index (χ1n) is 7.98. The van der Waals surface area contributed by atoms with E-state index in [1.807, 2.05) is 0 Å². The third kappa shape index (κ3) is 5.66. The summed E-state index contributed by atoms with van der Waals surface area (Å²) >= 11 is 0. The lowest BCUT2D eigenvalue weighted by molar-refractivity contribution is -0.0521. The minimum Gasteiger partial charge on any atom is -0.374 e. The number of ether oxygens (including phenoxy) is 2. The molecule has 2 atom stereocenters. The van der Waals surface area contributed by atoms with E-state index in [0.29, 0.717) is 12.2 Å². The topological polar surface area (TPSA) is 37.0 Å². The van der Waals surface area contributed by atoms with Crippen LogP contribution in [0.25, 0.3) is 0 Å². The van der Waals surface area contributed by atoms with Gasteiger partial charge in [0.1, 0.15) is 0 Å². The van der Waals surface area contributed by atoms with Crippen molar-refractivity contribution in [2.45, 2.75) is 26.1 Å². The average Bonchev–Trinajstić information content (AvgIpc) is 2.39. The lowest BCUT2D eigenvalue weighted by Crippen LogP contribution is -2.50. The van der Waals surface area contributed by atoms with Crippen LogP contribution in [0.3, 0.4) is 0 Å². The number of nitrogens with zero attached hydrogens (tertiary/aromatic N) is 2. The number of hydrogen-bond acceptors (Lipinski definition) is 5. The lowest BCUT2D eigenvalue weighted by Gasteiger charge is -2.36. The fraction of sp³-hybridized carbons (Fsp3) is 1.00. The maximum Gasteiger partial charge on any atom is 0.0829 e. The smallest absolute Gasteiger partial charge is 0.0829 e. The molecule has 2 fully saturated rings. The highest BCUT2D eigenvalue weighted by Crippen LogP contribution is 2.09. The van der Waals surface area contributed by atoms with Crippen molar-refractivity contribution in [2.24, 2.45) is 5.92 Å². The van der Waals surface area contributed by atoms with E-state index >= 15 is 0 Å². The van der Waals surface area contributed by atoms with Crippen molar-refractivity contribution >= 4 is 0 Å². The predicted molar refractivity (Wildman–Crippen MR) is 81.1 cm³/mol. The molecule has 2 aliphatic rings. The van der Waals surface area contributed by atoms with Gasteiger partial charge in [0, 0.05) is 45.8 Å². The Bertz CT molecular complexity index is 270. The molecule has 0 radical (unpaired) electrons. The molecule has 2 saturated heterocycles. The summed E-state index contributed by atoms with van der Waals surface area (Å²) < 4.78 is 11.7. The van der Waals surface area contributed by atoms with Crippen molar-refractivity contribution in [3.63, 3.8) is 0 Å². The fourth-order valence-corrected chi connectivity index (χ4v) is 3.08. The van der Waals surface area contributed by atoms with Crippen LogP contribution >= 0.6 is 0 Å². The van der Waals surface area contributed by atoms with Crippen LogP contribution in [0.2, 0.25) is 0 Å².